The molecule has 9 heavy (non-hydrogen) atoms. The summed E-state index contributed by atoms with van der Waals surface area (Å²) < 4.78 is 5.27. The van der Waals surface area contributed by atoms with Crippen LogP contribution in [0.5, 0.6) is 0 Å². The highest BCUT2D eigenvalue weighted by Gasteiger charge is 2.44. The minimum absolute atomic E-state index is 0. The Hall–Kier alpha value is 0.210. The summed E-state index contributed by atoms with van der Waals surface area (Å²) >= 11 is 0. The average Bonchev–Trinajstić information content (AvgIpc) is 2.52. The molecule has 0 saturated carbocycles. The molecule has 2 fully saturated rings. The molecule has 0 aliphatic carbocycles. The summed E-state index contributed by atoms with van der Waals surface area (Å²) in [5.41, 5.74) is 0.318. The Kier molecular flexibility index (Phi) is 1.99. The Morgan fingerprint density at radius 3 is 2.56 bits per heavy atom. The molecule has 2 rings (SSSR count). The lowest BCUT2D eigenvalue weighted by Crippen LogP contribution is -2.36. The zero-order chi connectivity index (χ0) is 5.45. The fourth-order valence-corrected chi connectivity index (χ4v) is 1.29. The average molecular weight is 150 g/mol. The maximum Gasteiger partial charge on any atom is 0.104 e. The first-order chi connectivity index (χ1) is 3.91. The van der Waals surface area contributed by atoms with Gasteiger partial charge in [-0.25, -0.2) is 0 Å². The van der Waals surface area contributed by atoms with Crippen LogP contribution in [0.2, 0.25) is 0 Å². The van der Waals surface area contributed by atoms with E-state index < -0.39 is 0 Å². The number of nitrogens with one attached hydrogen (secondary N) is 1. The number of halogens is 1. The fourth-order valence-electron chi connectivity index (χ4n) is 1.29. The van der Waals surface area contributed by atoms with Gasteiger partial charge in [-0.15, -0.1) is 12.4 Å². The van der Waals surface area contributed by atoms with Crippen LogP contribution in [0.4, 0.5) is 0 Å². The number of rotatable bonds is 0. The van der Waals surface area contributed by atoms with Crippen LogP contribution in [-0.2, 0) is 4.74 Å². The van der Waals surface area contributed by atoms with E-state index in [-0.39, 0.29) is 12.4 Å². The van der Waals surface area contributed by atoms with Gasteiger partial charge in [0.25, 0.3) is 0 Å². The van der Waals surface area contributed by atoms with Gasteiger partial charge in [0.2, 0.25) is 0 Å². The molecule has 2 nitrogen and oxygen atoms in total. The van der Waals surface area contributed by atoms with Gasteiger partial charge in [-0.2, -0.15) is 0 Å². The fraction of sp³-hybridized carbons (Fsp3) is 1.00. The van der Waals surface area contributed by atoms with Crippen molar-refractivity contribution < 1.29 is 4.74 Å². The van der Waals surface area contributed by atoms with Gasteiger partial charge in [-0.1, -0.05) is 0 Å². The molecule has 54 valence electrons. The molecule has 0 aromatic carbocycles. The van der Waals surface area contributed by atoms with Crippen LogP contribution < -0.4 is 5.32 Å². The smallest absolute Gasteiger partial charge is 0.104 e. The van der Waals surface area contributed by atoms with Crippen molar-refractivity contribution in [2.24, 2.45) is 0 Å². The monoisotopic (exact) mass is 149 g/mol. The first-order valence-electron chi connectivity index (χ1n) is 3.26. The summed E-state index contributed by atoms with van der Waals surface area (Å²) in [5, 5.41) is 3.31. The summed E-state index contributed by atoms with van der Waals surface area (Å²) in [7, 11) is 0. The maximum absolute atomic E-state index is 5.27. The largest absolute Gasteiger partial charge is 0.368 e. The van der Waals surface area contributed by atoms with Crippen molar-refractivity contribution in [1.29, 1.82) is 0 Å². The van der Waals surface area contributed by atoms with E-state index in [0.717, 1.165) is 13.2 Å². The number of piperidine rings is 1. The van der Waals surface area contributed by atoms with Crippen molar-refractivity contribution in [3.63, 3.8) is 0 Å². The topological polar surface area (TPSA) is 24.6 Å². The molecule has 1 unspecified atom stereocenters. The Bertz CT molecular complexity index is 95.2. The number of hydrogen-bond donors (Lipinski definition) is 1. The molecule has 0 radical (unpaired) electrons. The molecule has 2 aliphatic heterocycles. The zero-order valence-corrected chi connectivity index (χ0v) is 6.17. The van der Waals surface area contributed by atoms with Crippen LogP contribution in [0.3, 0.4) is 0 Å². The standard InChI is InChI=1S/C6H11NO.ClH/c1-2-6(5-8-6)4-7-3-1;/h7H,1-5H2;1H. The van der Waals surface area contributed by atoms with E-state index >= 15 is 0 Å². The molecule has 0 aromatic rings. The van der Waals surface area contributed by atoms with E-state index in [0.29, 0.717) is 5.60 Å². The quantitative estimate of drug-likeness (QED) is 0.509. The van der Waals surface area contributed by atoms with E-state index in [2.05, 4.69) is 5.32 Å². The summed E-state index contributed by atoms with van der Waals surface area (Å²) in [5.74, 6) is 0. The van der Waals surface area contributed by atoms with E-state index in [9.17, 15) is 0 Å². The van der Waals surface area contributed by atoms with E-state index in [4.69, 9.17) is 4.74 Å². The molecule has 2 heterocycles. The van der Waals surface area contributed by atoms with Gasteiger partial charge in [-0.3, -0.25) is 0 Å². The van der Waals surface area contributed by atoms with Crippen LogP contribution in [0.25, 0.3) is 0 Å². The summed E-state index contributed by atoms with van der Waals surface area (Å²) in [6.45, 7) is 3.28. The van der Waals surface area contributed by atoms with Gasteiger partial charge in [0.1, 0.15) is 5.60 Å². The number of epoxide rings is 1. The molecule has 2 aliphatic rings. The van der Waals surface area contributed by atoms with E-state index in [1.54, 1.807) is 0 Å². The normalized spacial score (nSPS) is 40.0. The van der Waals surface area contributed by atoms with Crippen molar-refractivity contribution in [2.45, 2.75) is 18.4 Å². The van der Waals surface area contributed by atoms with Gasteiger partial charge >= 0.3 is 0 Å². The van der Waals surface area contributed by atoms with Crippen molar-refractivity contribution in [3.05, 3.63) is 0 Å². The predicted molar refractivity (Wildman–Crippen MR) is 38.0 cm³/mol. The summed E-state index contributed by atoms with van der Waals surface area (Å²) in [6.07, 6.45) is 2.57. The first kappa shape index (κ1) is 7.32. The second kappa shape index (κ2) is 2.45. The van der Waals surface area contributed by atoms with Gasteiger partial charge in [0.05, 0.1) is 6.61 Å². The molecular formula is C6H12ClNO. The third-order valence-electron chi connectivity index (χ3n) is 1.99. The van der Waals surface area contributed by atoms with Crippen molar-refractivity contribution >= 4 is 12.4 Å². The van der Waals surface area contributed by atoms with Crippen LogP contribution in [-0.4, -0.2) is 25.3 Å². The Morgan fingerprint density at radius 1 is 1.44 bits per heavy atom. The highest BCUT2D eigenvalue weighted by molar-refractivity contribution is 5.85. The molecule has 3 heteroatoms. The van der Waals surface area contributed by atoms with Gasteiger partial charge in [0.15, 0.2) is 0 Å². The Morgan fingerprint density at radius 2 is 2.22 bits per heavy atom. The van der Waals surface area contributed by atoms with E-state index in [1.165, 1.54) is 19.4 Å². The third-order valence-corrected chi connectivity index (χ3v) is 1.99. The van der Waals surface area contributed by atoms with Crippen LogP contribution in [0, 0.1) is 0 Å². The van der Waals surface area contributed by atoms with Gasteiger partial charge in [-0.05, 0) is 19.4 Å². The summed E-state index contributed by atoms with van der Waals surface area (Å²) in [6, 6.07) is 0. The molecule has 1 N–H and O–H groups in total. The molecule has 0 bridgehead atoms. The van der Waals surface area contributed by atoms with Crippen LogP contribution >= 0.6 is 12.4 Å². The minimum atomic E-state index is 0. The first-order valence-corrected chi connectivity index (χ1v) is 3.26. The van der Waals surface area contributed by atoms with Crippen molar-refractivity contribution in [1.82, 2.24) is 5.32 Å². The lowest BCUT2D eigenvalue weighted by molar-refractivity contribution is 0.250. The van der Waals surface area contributed by atoms with E-state index in [1.807, 2.05) is 0 Å². The van der Waals surface area contributed by atoms with Crippen LogP contribution in [0.15, 0.2) is 0 Å². The number of hydrogen-bond acceptors (Lipinski definition) is 2. The maximum atomic E-state index is 5.27. The lowest BCUT2D eigenvalue weighted by Gasteiger charge is -2.17. The third kappa shape index (κ3) is 1.37. The Labute approximate surface area is 61.4 Å². The minimum Gasteiger partial charge on any atom is -0.368 e. The zero-order valence-electron chi connectivity index (χ0n) is 5.35. The van der Waals surface area contributed by atoms with Gasteiger partial charge < -0.3 is 10.1 Å². The van der Waals surface area contributed by atoms with Crippen LogP contribution in [0.1, 0.15) is 12.8 Å². The lowest BCUT2D eigenvalue weighted by atomic mass is 10.0. The highest BCUT2D eigenvalue weighted by atomic mass is 35.5. The molecule has 1 spiro atoms. The SMILES string of the molecule is C1CNCC2(C1)CO2.Cl. The molecule has 0 amide bonds. The second-order valence-electron chi connectivity index (χ2n) is 2.75. The highest BCUT2D eigenvalue weighted by Crippen LogP contribution is 2.32. The molecule has 1 atom stereocenters. The molecule has 0 aromatic heterocycles. The second-order valence-corrected chi connectivity index (χ2v) is 2.75. The van der Waals surface area contributed by atoms with Crippen molar-refractivity contribution in [2.75, 3.05) is 19.7 Å². The number of ether oxygens (including phenoxy) is 1. The molecule has 2 saturated heterocycles. The predicted octanol–water partition coefficient (Wildman–Crippen LogP) is 0.561. The molecular weight excluding hydrogens is 138 g/mol. The van der Waals surface area contributed by atoms with Gasteiger partial charge in [0, 0.05) is 6.54 Å². The summed E-state index contributed by atoms with van der Waals surface area (Å²) in [4.78, 5) is 0. The Balaban J connectivity index is 0.000000405. The van der Waals surface area contributed by atoms with Crippen molar-refractivity contribution in [3.8, 4) is 0 Å².